The van der Waals surface area contributed by atoms with Crippen molar-refractivity contribution in [1.29, 1.82) is 0 Å². The Morgan fingerprint density at radius 2 is 0.963 bits per heavy atom. The summed E-state index contributed by atoms with van der Waals surface area (Å²) in [6.45, 7) is 3.81. The first-order chi connectivity index (χ1) is 12.7. The van der Waals surface area contributed by atoms with Crippen LogP contribution in [0.1, 0.15) is 17.5 Å². The van der Waals surface area contributed by atoms with Crippen molar-refractivity contribution in [3.8, 4) is 0 Å². The van der Waals surface area contributed by atoms with Gasteiger partial charge in [-0.3, -0.25) is 0 Å². The van der Waals surface area contributed by atoms with E-state index >= 15 is 0 Å². The van der Waals surface area contributed by atoms with Gasteiger partial charge < -0.3 is 0 Å². The Hall–Kier alpha value is -2.18. The normalized spacial score (nSPS) is 14.7. The second kappa shape index (κ2) is 7.44. The standard InChI is InChI=1S/C21H22O4S2/c1-16-3-9-20(10-4-16)26(22,23)14-18-7-8-19(13-18)15-27(24,25)21-11-5-17(2)6-12-21/h3-12H,13-15H2,1-2H3. The van der Waals surface area contributed by atoms with Gasteiger partial charge in [-0.2, -0.15) is 0 Å². The van der Waals surface area contributed by atoms with Gasteiger partial charge in [-0.25, -0.2) is 16.8 Å². The third-order valence-electron chi connectivity index (χ3n) is 4.52. The van der Waals surface area contributed by atoms with Gasteiger partial charge >= 0.3 is 0 Å². The summed E-state index contributed by atoms with van der Waals surface area (Å²) in [5.41, 5.74) is 3.42. The lowest BCUT2D eigenvalue weighted by Gasteiger charge is -2.09. The molecule has 0 amide bonds. The van der Waals surface area contributed by atoms with E-state index in [-0.39, 0.29) is 21.3 Å². The van der Waals surface area contributed by atoms with Crippen LogP contribution in [0.15, 0.2) is 81.6 Å². The number of rotatable bonds is 6. The Morgan fingerprint density at radius 1 is 0.630 bits per heavy atom. The summed E-state index contributed by atoms with van der Waals surface area (Å²) in [5, 5.41) is 0. The lowest BCUT2D eigenvalue weighted by atomic mass is 10.2. The van der Waals surface area contributed by atoms with E-state index in [2.05, 4.69) is 0 Å². The van der Waals surface area contributed by atoms with Crippen molar-refractivity contribution >= 4 is 19.7 Å². The van der Waals surface area contributed by atoms with Gasteiger partial charge in [-0.05, 0) is 44.5 Å². The van der Waals surface area contributed by atoms with Crippen molar-refractivity contribution < 1.29 is 16.8 Å². The van der Waals surface area contributed by atoms with Crippen LogP contribution in [0, 0.1) is 13.8 Å². The zero-order valence-corrected chi connectivity index (χ0v) is 17.0. The average molecular weight is 403 g/mol. The van der Waals surface area contributed by atoms with Crippen molar-refractivity contribution in [1.82, 2.24) is 0 Å². The van der Waals surface area contributed by atoms with Crippen LogP contribution >= 0.6 is 0 Å². The molecule has 0 aromatic heterocycles. The van der Waals surface area contributed by atoms with E-state index in [1.54, 1.807) is 60.7 Å². The van der Waals surface area contributed by atoms with Gasteiger partial charge in [0.1, 0.15) is 0 Å². The van der Waals surface area contributed by atoms with E-state index in [0.29, 0.717) is 17.6 Å². The van der Waals surface area contributed by atoms with Crippen LogP contribution in [0.3, 0.4) is 0 Å². The number of sulfone groups is 2. The molecule has 4 nitrogen and oxygen atoms in total. The number of aryl methyl sites for hydroxylation is 2. The van der Waals surface area contributed by atoms with Crippen LogP contribution in [-0.4, -0.2) is 28.3 Å². The van der Waals surface area contributed by atoms with Crippen molar-refractivity contribution in [3.63, 3.8) is 0 Å². The summed E-state index contributed by atoms with van der Waals surface area (Å²) in [5.74, 6) is -0.193. The zero-order valence-electron chi connectivity index (χ0n) is 15.3. The highest BCUT2D eigenvalue weighted by Crippen LogP contribution is 2.26. The summed E-state index contributed by atoms with van der Waals surface area (Å²) >= 11 is 0. The largest absolute Gasteiger partial charge is 0.223 e. The molecule has 0 bridgehead atoms. The number of allylic oxidation sites excluding steroid dienone is 2. The van der Waals surface area contributed by atoms with Crippen LogP contribution in [0.2, 0.25) is 0 Å². The van der Waals surface area contributed by atoms with Crippen molar-refractivity contribution in [2.75, 3.05) is 11.5 Å². The summed E-state index contributed by atoms with van der Waals surface area (Å²) in [6.07, 6.45) is 3.83. The maximum Gasteiger partial charge on any atom is 0.182 e. The van der Waals surface area contributed by atoms with Crippen LogP contribution in [0.5, 0.6) is 0 Å². The van der Waals surface area contributed by atoms with Crippen molar-refractivity contribution in [2.24, 2.45) is 0 Å². The van der Waals surface area contributed by atoms with E-state index in [9.17, 15) is 16.8 Å². The highest BCUT2D eigenvalue weighted by Gasteiger charge is 2.23. The fourth-order valence-corrected chi connectivity index (χ4v) is 5.80. The van der Waals surface area contributed by atoms with E-state index in [1.165, 1.54) is 0 Å². The molecule has 27 heavy (non-hydrogen) atoms. The van der Waals surface area contributed by atoms with Crippen molar-refractivity contribution in [3.05, 3.63) is 83.0 Å². The Morgan fingerprint density at radius 3 is 1.30 bits per heavy atom. The molecule has 2 aromatic carbocycles. The minimum atomic E-state index is -3.44. The molecular weight excluding hydrogens is 380 g/mol. The zero-order chi connectivity index (χ0) is 19.7. The Bertz CT molecular complexity index is 1010. The number of benzene rings is 2. The molecule has 142 valence electrons. The van der Waals surface area contributed by atoms with Gasteiger partial charge in [0.15, 0.2) is 19.7 Å². The van der Waals surface area contributed by atoms with Crippen molar-refractivity contribution in [2.45, 2.75) is 30.1 Å². The summed E-state index contributed by atoms with van der Waals surface area (Å²) in [7, 11) is -6.87. The van der Waals surface area contributed by atoms with Gasteiger partial charge in [0.05, 0.1) is 21.3 Å². The minimum Gasteiger partial charge on any atom is -0.223 e. The predicted octanol–water partition coefficient (Wildman–Crippen LogP) is 3.81. The fraction of sp³-hybridized carbons (Fsp3) is 0.238. The predicted molar refractivity (Wildman–Crippen MR) is 107 cm³/mol. The molecule has 0 saturated carbocycles. The molecule has 0 N–H and O–H groups in total. The second-order valence-electron chi connectivity index (χ2n) is 6.97. The maximum atomic E-state index is 12.6. The molecule has 0 atom stereocenters. The van der Waals surface area contributed by atoms with E-state index in [0.717, 1.165) is 11.1 Å². The molecule has 0 spiro atoms. The Balaban J connectivity index is 1.66. The van der Waals surface area contributed by atoms with Crippen LogP contribution in [0.25, 0.3) is 0 Å². The molecule has 6 heteroatoms. The third-order valence-corrected chi connectivity index (χ3v) is 8.00. The maximum absolute atomic E-state index is 12.6. The monoisotopic (exact) mass is 402 g/mol. The molecule has 3 rings (SSSR count). The number of hydrogen-bond donors (Lipinski definition) is 0. The van der Waals surface area contributed by atoms with Gasteiger partial charge in [-0.15, -0.1) is 0 Å². The summed E-state index contributed by atoms with van der Waals surface area (Å²) in [6, 6.07) is 13.5. The Labute approximate surface area is 161 Å². The number of hydrogen-bond acceptors (Lipinski definition) is 4. The highest BCUT2D eigenvalue weighted by molar-refractivity contribution is 7.92. The SMILES string of the molecule is Cc1ccc(S(=O)(=O)CC2=CC=C(CS(=O)(=O)c3ccc(C)cc3)C2)cc1. The molecule has 2 aromatic rings. The van der Waals surface area contributed by atoms with Gasteiger partial charge in [0.2, 0.25) is 0 Å². The highest BCUT2D eigenvalue weighted by atomic mass is 32.2. The first-order valence-electron chi connectivity index (χ1n) is 8.62. The van der Waals surface area contributed by atoms with Gasteiger partial charge in [0.25, 0.3) is 0 Å². The molecular formula is C21H22O4S2. The lowest BCUT2D eigenvalue weighted by Crippen LogP contribution is -2.11. The molecule has 0 heterocycles. The molecule has 0 unspecified atom stereocenters. The van der Waals surface area contributed by atoms with Crippen LogP contribution in [-0.2, 0) is 19.7 Å². The minimum absolute atomic E-state index is 0.0966. The average Bonchev–Trinajstić information content (AvgIpc) is 3.01. The lowest BCUT2D eigenvalue weighted by molar-refractivity contribution is 0.597. The second-order valence-corrected chi connectivity index (χ2v) is 11.0. The van der Waals surface area contributed by atoms with E-state index in [1.807, 2.05) is 13.8 Å². The topological polar surface area (TPSA) is 68.3 Å². The van der Waals surface area contributed by atoms with Gasteiger partial charge in [0, 0.05) is 0 Å². The van der Waals surface area contributed by atoms with E-state index in [4.69, 9.17) is 0 Å². The first kappa shape index (κ1) is 19.6. The molecule has 1 aliphatic carbocycles. The molecule has 0 aliphatic heterocycles. The fourth-order valence-electron chi connectivity index (χ4n) is 2.99. The molecule has 0 saturated heterocycles. The summed E-state index contributed by atoms with van der Waals surface area (Å²) in [4.78, 5) is 0.574. The molecule has 1 aliphatic rings. The third kappa shape index (κ3) is 4.76. The van der Waals surface area contributed by atoms with E-state index < -0.39 is 19.7 Å². The summed E-state index contributed by atoms with van der Waals surface area (Å²) < 4.78 is 50.3. The quantitative estimate of drug-likeness (QED) is 0.737. The first-order valence-corrected chi connectivity index (χ1v) is 11.9. The van der Waals surface area contributed by atoms with Crippen LogP contribution in [0.4, 0.5) is 0 Å². The Kier molecular flexibility index (Phi) is 5.40. The van der Waals surface area contributed by atoms with Crippen LogP contribution < -0.4 is 0 Å². The molecule has 0 radical (unpaired) electrons. The van der Waals surface area contributed by atoms with Gasteiger partial charge in [-0.1, -0.05) is 58.7 Å². The molecule has 0 fully saturated rings. The smallest absolute Gasteiger partial charge is 0.182 e.